The molecule has 4 heteroatoms. The Labute approximate surface area is 114 Å². The maximum absolute atomic E-state index is 13.6. The fourth-order valence-corrected chi connectivity index (χ4v) is 2.23. The number of carbonyl (C=O) groups is 1. The maximum atomic E-state index is 13.6. The largest absolute Gasteiger partial charge is 0.294 e. The van der Waals surface area contributed by atoms with Gasteiger partial charge in [-0.15, -0.1) is 11.8 Å². The second-order valence-electron chi connectivity index (χ2n) is 4.08. The van der Waals surface area contributed by atoms with Crippen molar-refractivity contribution in [1.82, 2.24) is 0 Å². The van der Waals surface area contributed by atoms with Gasteiger partial charge in [-0.1, -0.05) is 18.2 Å². The number of hydrogen-bond donors (Lipinski definition) is 0. The van der Waals surface area contributed by atoms with Crippen LogP contribution in [-0.4, -0.2) is 12.0 Å². The van der Waals surface area contributed by atoms with Gasteiger partial charge in [0.15, 0.2) is 5.78 Å². The number of hydrogen-bond acceptors (Lipinski definition) is 2. The lowest BCUT2D eigenvalue weighted by molar-refractivity contribution is 0.0992. The first-order valence-corrected chi connectivity index (χ1v) is 6.94. The first-order chi connectivity index (χ1) is 9.10. The molecule has 1 nitrogen and oxygen atoms in total. The summed E-state index contributed by atoms with van der Waals surface area (Å²) in [5.41, 5.74) is 0.888. The Hall–Kier alpha value is -1.68. The van der Waals surface area contributed by atoms with Crippen LogP contribution in [0.1, 0.15) is 15.9 Å². The summed E-state index contributed by atoms with van der Waals surface area (Å²) in [4.78, 5) is 12.5. The van der Waals surface area contributed by atoms with Crippen LogP contribution in [0.25, 0.3) is 0 Å². The average molecular weight is 278 g/mol. The van der Waals surface area contributed by atoms with Crippen LogP contribution in [0, 0.1) is 11.6 Å². The molecule has 98 valence electrons. The summed E-state index contributed by atoms with van der Waals surface area (Å²) in [7, 11) is 0. The van der Waals surface area contributed by atoms with E-state index in [0.717, 1.165) is 0 Å². The van der Waals surface area contributed by atoms with Gasteiger partial charge in [-0.25, -0.2) is 8.78 Å². The predicted octanol–water partition coefficient (Wildman–Crippen LogP) is 4.11. The third kappa shape index (κ3) is 3.41. The van der Waals surface area contributed by atoms with E-state index in [0.29, 0.717) is 16.0 Å². The third-order valence-electron chi connectivity index (χ3n) is 2.73. The second kappa shape index (κ2) is 5.97. The molecule has 0 spiro atoms. The zero-order chi connectivity index (χ0) is 13.8. The van der Waals surface area contributed by atoms with Crippen molar-refractivity contribution in [1.29, 1.82) is 0 Å². The van der Waals surface area contributed by atoms with Crippen LogP contribution < -0.4 is 0 Å². The van der Waals surface area contributed by atoms with Crippen molar-refractivity contribution >= 4 is 17.5 Å². The van der Waals surface area contributed by atoms with E-state index in [2.05, 4.69) is 0 Å². The first kappa shape index (κ1) is 13.7. The molecule has 0 atom stereocenters. The lowest BCUT2D eigenvalue weighted by atomic mass is 10.0. The molecular weight excluding hydrogens is 266 g/mol. The van der Waals surface area contributed by atoms with Gasteiger partial charge in [-0.05, 0) is 36.1 Å². The molecule has 0 N–H and O–H groups in total. The van der Waals surface area contributed by atoms with Gasteiger partial charge in [0.05, 0.1) is 0 Å². The van der Waals surface area contributed by atoms with Gasteiger partial charge < -0.3 is 0 Å². The van der Waals surface area contributed by atoms with Crippen molar-refractivity contribution < 1.29 is 13.6 Å². The Bertz CT molecular complexity index is 611. The van der Waals surface area contributed by atoms with Crippen molar-refractivity contribution in [2.45, 2.75) is 11.3 Å². The number of carbonyl (C=O) groups excluding carboxylic acids is 1. The minimum absolute atomic E-state index is 0.0653. The zero-order valence-electron chi connectivity index (χ0n) is 10.3. The van der Waals surface area contributed by atoms with Crippen LogP contribution in [-0.2, 0) is 6.42 Å². The highest BCUT2D eigenvalue weighted by Gasteiger charge is 2.10. The van der Waals surface area contributed by atoms with Crippen LogP contribution >= 0.6 is 11.8 Å². The zero-order valence-corrected chi connectivity index (χ0v) is 11.1. The molecule has 2 aromatic rings. The minimum atomic E-state index is -0.405. The van der Waals surface area contributed by atoms with Gasteiger partial charge in [0.1, 0.15) is 11.6 Å². The molecule has 0 bridgehead atoms. The number of benzene rings is 2. The topological polar surface area (TPSA) is 17.1 Å². The Balaban J connectivity index is 2.18. The van der Waals surface area contributed by atoms with E-state index in [1.54, 1.807) is 30.5 Å². The molecule has 0 unspecified atom stereocenters. The minimum Gasteiger partial charge on any atom is -0.294 e. The number of halogens is 2. The van der Waals surface area contributed by atoms with Gasteiger partial charge in [0, 0.05) is 16.9 Å². The van der Waals surface area contributed by atoms with Crippen molar-refractivity contribution in [3.8, 4) is 0 Å². The van der Waals surface area contributed by atoms with E-state index in [4.69, 9.17) is 0 Å². The highest BCUT2D eigenvalue weighted by atomic mass is 32.2. The first-order valence-electron chi connectivity index (χ1n) is 5.71. The molecule has 0 amide bonds. The fourth-order valence-electron chi connectivity index (χ4n) is 1.77. The Morgan fingerprint density at radius 1 is 1.16 bits per heavy atom. The van der Waals surface area contributed by atoms with Crippen molar-refractivity contribution in [2.75, 3.05) is 6.26 Å². The summed E-state index contributed by atoms with van der Waals surface area (Å²) >= 11 is 1.29. The van der Waals surface area contributed by atoms with Crippen LogP contribution in [0.4, 0.5) is 8.78 Å². The highest BCUT2D eigenvalue weighted by molar-refractivity contribution is 7.98. The molecule has 2 rings (SSSR count). The van der Waals surface area contributed by atoms with Gasteiger partial charge in [-0.3, -0.25) is 4.79 Å². The lowest BCUT2D eigenvalue weighted by Crippen LogP contribution is -2.04. The smallest absolute Gasteiger partial charge is 0.167 e. The maximum Gasteiger partial charge on any atom is 0.167 e. The molecule has 0 radical (unpaired) electrons. The van der Waals surface area contributed by atoms with Crippen LogP contribution in [0.5, 0.6) is 0 Å². The van der Waals surface area contributed by atoms with Gasteiger partial charge in [0.2, 0.25) is 0 Å². The molecule has 0 saturated carbocycles. The summed E-state index contributed by atoms with van der Waals surface area (Å²) in [6, 6.07) is 10.3. The van der Waals surface area contributed by atoms with E-state index in [9.17, 15) is 13.6 Å². The van der Waals surface area contributed by atoms with Gasteiger partial charge in [-0.2, -0.15) is 0 Å². The van der Waals surface area contributed by atoms with Crippen molar-refractivity contribution in [2.24, 2.45) is 0 Å². The summed E-state index contributed by atoms with van der Waals surface area (Å²) in [5, 5.41) is 0. The molecule has 19 heavy (non-hydrogen) atoms. The van der Waals surface area contributed by atoms with Crippen LogP contribution in [0.3, 0.4) is 0 Å². The van der Waals surface area contributed by atoms with Crippen LogP contribution in [0.15, 0.2) is 47.4 Å². The van der Waals surface area contributed by atoms with Gasteiger partial charge in [0.25, 0.3) is 0 Å². The molecular formula is C15H12F2OS. The SMILES string of the molecule is CSc1ccc(C(=O)Cc2cccc(F)c2)cc1F. The molecule has 2 aromatic carbocycles. The number of rotatable bonds is 4. The normalized spacial score (nSPS) is 10.5. The predicted molar refractivity (Wildman–Crippen MR) is 72.6 cm³/mol. The van der Waals surface area contributed by atoms with E-state index in [-0.39, 0.29) is 18.0 Å². The summed E-state index contributed by atoms with van der Waals surface area (Å²) in [6.45, 7) is 0. The molecule has 0 aliphatic heterocycles. The van der Waals surface area contributed by atoms with Gasteiger partial charge >= 0.3 is 0 Å². The molecule has 0 aromatic heterocycles. The fraction of sp³-hybridized carbons (Fsp3) is 0.133. The molecule has 0 aliphatic carbocycles. The van der Waals surface area contributed by atoms with Crippen LogP contribution in [0.2, 0.25) is 0 Å². The highest BCUT2D eigenvalue weighted by Crippen LogP contribution is 2.20. The quantitative estimate of drug-likeness (QED) is 0.618. The lowest BCUT2D eigenvalue weighted by Gasteiger charge is -2.04. The van der Waals surface area contributed by atoms with Crippen molar-refractivity contribution in [3.05, 3.63) is 65.2 Å². The number of Topliss-reactive ketones (excluding diaryl/α,β-unsaturated/α-hetero) is 1. The molecule has 0 fully saturated rings. The summed E-state index contributed by atoms with van der Waals surface area (Å²) < 4.78 is 26.6. The van der Waals surface area contributed by atoms with Crippen molar-refractivity contribution in [3.63, 3.8) is 0 Å². The second-order valence-corrected chi connectivity index (χ2v) is 4.93. The summed E-state index contributed by atoms with van der Waals surface area (Å²) in [6.07, 6.45) is 1.84. The molecule has 0 saturated heterocycles. The average Bonchev–Trinajstić information content (AvgIpc) is 2.38. The number of ketones is 1. The Kier molecular flexibility index (Phi) is 4.32. The summed E-state index contributed by atoms with van der Waals surface area (Å²) in [5.74, 6) is -1.01. The van der Waals surface area contributed by atoms with E-state index < -0.39 is 5.82 Å². The van der Waals surface area contributed by atoms with E-state index in [1.807, 2.05) is 0 Å². The standard InChI is InChI=1S/C15H12F2OS/c1-19-15-6-5-11(9-13(15)17)14(18)8-10-3-2-4-12(16)7-10/h2-7,9H,8H2,1H3. The molecule has 0 heterocycles. The van der Waals surface area contributed by atoms with E-state index in [1.165, 1.54) is 30.0 Å². The third-order valence-corrected chi connectivity index (χ3v) is 3.50. The monoisotopic (exact) mass is 278 g/mol. The Morgan fingerprint density at radius 3 is 2.58 bits per heavy atom. The molecule has 0 aliphatic rings. The van der Waals surface area contributed by atoms with E-state index >= 15 is 0 Å². The number of thioether (sulfide) groups is 1. The Morgan fingerprint density at radius 2 is 1.95 bits per heavy atom.